The van der Waals surface area contributed by atoms with Crippen molar-refractivity contribution in [3.8, 4) is 11.4 Å². The lowest BCUT2D eigenvalue weighted by Gasteiger charge is -2.24. The van der Waals surface area contributed by atoms with E-state index in [4.69, 9.17) is 4.74 Å². The molecule has 25 heavy (non-hydrogen) atoms. The van der Waals surface area contributed by atoms with Crippen LogP contribution in [0.5, 0.6) is 5.75 Å². The summed E-state index contributed by atoms with van der Waals surface area (Å²) in [6, 6.07) is 7.27. The maximum absolute atomic E-state index is 13.8. The second-order valence-electron chi connectivity index (χ2n) is 5.85. The minimum Gasteiger partial charge on any atom is -0.485 e. The molecule has 1 aromatic heterocycles. The van der Waals surface area contributed by atoms with Gasteiger partial charge in [-0.15, -0.1) is 0 Å². The monoisotopic (exact) mass is 348 g/mol. The van der Waals surface area contributed by atoms with Gasteiger partial charge < -0.3 is 15.0 Å². The van der Waals surface area contributed by atoms with E-state index in [9.17, 15) is 18.4 Å². The van der Waals surface area contributed by atoms with E-state index in [1.165, 1.54) is 6.33 Å². The van der Waals surface area contributed by atoms with E-state index >= 15 is 0 Å². The Morgan fingerprint density at radius 1 is 1.32 bits per heavy atom. The molecule has 130 valence electrons. The summed E-state index contributed by atoms with van der Waals surface area (Å²) in [6.07, 6.45) is 1.48. The van der Waals surface area contributed by atoms with Crippen molar-refractivity contribution in [2.75, 3.05) is 19.6 Å². The van der Waals surface area contributed by atoms with E-state index in [2.05, 4.69) is 10.3 Å². The number of aromatic nitrogens is 2. The largest absolute Gasteiger partial charge is 0.485 e. The normalized spacial score (nSPS) is 18.5. The predicted molar refractivity (Wildman–Crippen MR) is 81.8 cm³/mol. The van der Waals surface area contributed by atoms with Gasteiger partial charge in [0.2, 0.25) is 0 Å². The summed E-state index contributed by atoms with van der Waals surface area (Å²) >= 11 is 0. The highest BCUT2D eigenvalue weighted by molar-refractivity contribution is 5.95. The zero-order chi connectivity index (χ0) is 17.6. The van der Waals surface area contributed by atoms with E-state index in [-0.39, 0.29) is 25.4 Å². The molecule has 2 aliphatic heterocycles. The number of alkyl halides is 2. The Balaban J connectivity index is 1.67. The molecule has 1 N–H and O–H groups in total. The van der Waals surface area contributed by atoms with Crippen molar-refractivity contribution < 1.29 is 23.1 Å². The molecule has 0 radical (unpaired) electrons. The number of rotatable bonds is 1. The van der Waals surface area contributed by atoms with Crippen molar-refractivity contribution in [2.24, 2.45) is 0 Å². The molecule has 1 saturated heterocycles. The number of nitrogens with one attached hydrogen (secondary N) is 1. The first-order valence-corrected chi connectivity index (χ1v) is 7.71. The molecular formula is C16H14F2N4O3. The number of benzene rings is 1. The number of hydrogen-bond acceptors (Lipinski definition) is 4. The zero-order valence-corrected chi connectivity index (χ0v) is 13.0. The van der Waals surface area contributed by atoms with Gasteiger partial charge in [-0.1, -0.05) is 12.1 Å². The number of carbonyl (C=O) groups excluding carboxylic acids is 2. The van der Waals surface area contributed by atoms with Crippen LogP contribution in [0.25, 0.3) is 5.69 Å². The van der Waals surface area contributed by atoms with Crippen LogP contribution >= 0.6 is 0 Å². The van der Waals surface area contributed by atoms with Gasteiger partial charge in [-0.2, -0.15) is 8.78 Å². The molecule has 4 rings (SSSR count). The maximum atomic E-state index is 13.8. The van der Waals surface area contributed by atoms with Crippen LogP contribution in [-0.2, 0) is 11.4 Å². The number of imidazole rings is 1. The molecule has 0 bridgehead atoms. The third-order valence-corrected chi connectivity index (χ3v) is 4.23. The molecule has 1 aromatic carbocycles. The second kappa shape index (κ2) is 5.54. The summed E-state index contributed by atoms with van der Waals surface area (Å²) in [4.78, 5) is 29.1. The third-order valence-electron chi connectivity index (χ3n) is 4.23. The minimum atomic E-state index is -3.63. The Hall–Kier alpha value is -2.97. The molecule has 0 atom stereocenters. The van der Waals surface area contributed by atoms with Gasteiger partial charge in [0.1, 0.15) is 18.7 Å². The average Bonchev–Trinajstić information content (AvgIpc) is 2.98. The lowest BCUT2D eigenvalue weighted by molar-refractivity contribution is -0.145. The topological polar surface area (TPSA) is 76.5 Å². The smallest absolute Gasteiger partial charge is 0.341 e. The fourth-order valence-electron chi connectivity index (χ4n) is 2.97. The van der Waals surface area contributed by atoms with Gasteiger partial charge in [0, 0.05) is 13.1 Å². The number of ether oxygens (including phenoxy) is 1. The molecule has 0 spiro atoms. The molecule has 7 nitrogen and oxygen atoms in total. The first kappa shape index (κ1) is 15.6. The van der Waals surface area contributed by atoms with Crippen LogP contribution < -0.4 is 10.1 Å². The molecule has 2 aromatic rings. The van der Waals surface area contributed by atoms with Crippen LogP contribution in [0.4, 0.5) is 8.78 Å². The fourth-order valence-corrected chi connectivity index (χ4v) is 2.97. The van der Waals surface area contributed by atoms with Crippen LogP contribution in [0.2, 0.25) is 0 Å². The van der Waals surface area contributed by atoms with Gasteiger partial charge in [-0.05, 0) is 12.1 Å². The number of amides is 2. The summed E-state index contributed by atoms with van der Waals surface area (Å²) in [5.41, 5.74) is 1.28. The van der Waals surface area contributed by atoms with Gasteiger partial charge in [0.05, 0.1) is 17.9 Å². The quantitative estimate of drug-likeness (QED) is 0.833. The van der Waals surface area contributed by atoms with Crippen molar-refractivity contribution >= 4 is 11.8 Å². The number of hydrogen-bond donors (Lipinski definition) is 1. The second-order valence-corrected chi connectivity index (χ2v) is 5.85. The van der Waals surface area contributed by atoms with E-state index in [0.717, 1.165) is 10.6 Å². The van der Waals surface area contributed by atoms with Gasteiger partial charge in [0.25, 0.3) is 11.8 Å². The van der Waals surface area contributed by atoms with Crippen LogP contribution in [0.1, 0.15) is 16.2 Å². The molecule has 3 heterocycles. The lowest BCUT2D eigenvalue weighted by atomic mass is 10.2. The third kappa shape index (κ3) is 2.51. The van der Waals surface area contributed by atoms with Crippen LogP contribution in [0.3, 0.4) is 0 Å². The molecule has 0 aliphatic carbocycles. The van der Waals surface area contributed by atoms with E-state index in [1.54, 1.807) is 10.6 Å². The van der Waals surface area contributed by atoms with Crippen LogP contribution in [-0.4, -0.2) is 51.8 Å². The Morgan fingerprint density at radius 2 is 2.12 bits per heavy atom. The zero-order valence-electron chi connectivity index (χ0n) is 13.0. The molecule has 2 amide bonds. The number of para-hydroxylation sites is 2. The standard InChI is InChI=1S/C16H14F2N4O3/c17-16(18)8-21(6-5-19-15(16)24)14(23)13-11-7-25-12-4-2-1-3-10(12)22(11)9-20-13/h1-4,9H,5-8H2,(H,19,24). The van der Waals surface area contributed by atoms with Gasteiger partial charge in [-0.25, -0.2) is 4.98 Å². The summed E-state index contributed by atoms with van der Waals surface area (Å²) in [5.74, 6) is -4.99. The van der Waals surface area contributed by atoms with Gasteiger partial charge in [0.15, 0.2) is 5.69 Å². The van der Waals surface area contributed by atoms with Crippen molar-refractivity contribution in [1.82, 2.24) is 19.8 Å². The van der Waals surface area contributed by atoms with E-state index in [1.807, 2.05) is 18.2 Å². The number of fused-ring (bicyclic) bond motifs is 3. The Kier molecular flexibility index (Phi) is 3.45. The Labute approximate surface area is 141 Å². The molecule has 0 unspecified atom stereocenters. The van der Waals surface area contributed by atoms with E-state index in [0.29, 0.717) is 11.4 Å². The highest BCUT2D eigenvalue weighted by Crippen LogP contribution is 2.31. The summed E-state index contributed by atoms with van der Waals surface area (Å²) in [6.45, 7) is -0.902. The van der Waals surface area contributed by atoms with Gasteiger partial charge in [-0.3, -0.25) is 14.2 Å². The Bertz CT molecular complexity index is 865. The highest BCUT2D eigenvalue weighted by Gasteiger charge is 2.44. The Morgan fingerprint density at radius 3 is 2.96 bits per heavy atom. The SMILES string of the molecule is O=C(c1ncn2c1COc1ccccc1-2)N1CCNC(=O)C(F)(F)C1. The van der Waals surface area contributed by atoms with Crippen molar-refractivity contribution in [3.05, 3.63) is 42.0 Å². The summed E-state index contributed by atoms with van der Waals surface area (Å²) in [7, 11) is 0. The molecule has 0 saturated carbocycles. The summed E-state index contributed by atoms with van der Waals surface area (Å²) in [5, 5.41) is 2.11. The number of nitrogens with zero attached hydrogens (tertiary/aromatic N) is 3. The van der Waals surface area contributed by atoms with Crippen molar-refractivity contribution in [2.45, 2.75) is 12.5 Å². The van der Waals surface area contributed by atoms with E-state index < -0.39 is 24.3 Å². The first-order valence-electron chi connectivity index (χ1n) is 7.71. The highest BCUT2D eigenvalue weighted by atomic mass is 19.3. The van der Waals surface area contributed by atoms with Crippen LogP contribution in [0.15, 0.2) is 30.6 Å². The van der Waals surface area contributed by atoms with Crippen LogP contribution in [0, 0.1) is 0 Å². The number of carbonyl (C=O) groups is 2. The maximum Gasteiger partial charge on any atom is 0.341 e. The lowest BCUT2D eigenvalue weighted by Crippen LogP contribution is -2.45. The van der Waals surface area contributed by atoms with Crippen molar-refractivity contribution in [3.63, 3.8) is 0 Å². The summed E-state index contributed by atoms with van der Waals surface area (Å²) < 4.78 is 34.9. The molecular weight excluding hydrogens is 334 g/mol. The average molecular weight is 348 g/mol. The molecule has 2 aliphatic rings. The molecule has 9 heteroatoms. The van der Waals surface area contributed by atoms with Crippen molar-refractivity contribution in [1.29, 1.82) is 0 Å². The van der Waals surface area contributed by atoms with Gasteiger partial charge >= 0.3 is 5.92 Å². The first-order chi connectivity index (χ1) is 12.0. The number of halogens is 2. The minimum absolute atomic E-state index is 0.0100. The predicted octanol–water partition coefficient (Wildman–Crippen LogP) is 0.972. The molecule has 1 fully saturated rings. The fraction of sp³-hybridized carbons (Fsp3) is 0.312.